The van der Waals surface area contributed by atoms with Crippen molar-refractivity contribution in [3.8, 4) is 0 Å². The summed E-state index contributed by atoms with van der Waals surface area (Å²) in [7, 11) is 0. The molecule has 0 aromatic carbocycles. The molecule has 108 valence electrons. The normalized spacial score (nSPS) is 27.0. The maximum absolute atomic E-state index is 12.8. The van der Waals surface area contributed by atoms with Crippen LogP contribution in [-0.2, 0) is 9.59 Å². The molecule has 1 saturated carbocycles. The topological polar surface area (TPSA) is 57.6 Å². The van der Waals surface area contributed by atoms with Gasteiger partial charge >= 0.3 is 5.97 Å². The van der Waals surface area contributed by atoms with E-state index in [1.807, 2.05) is 4.90 Å². The van der Waals surface area contributed by atoms with E-state index in [9.17, 15) is 9.59 Å². The van der Waals surface area contributed by atoms with Crippen molar-refractivity contribution < 1.29 is 14.7 Å². The van der Waals surface area contributed by atoms with Crippen LogP contribution in [-0.4, -0.2) is 35.0 Å². The summed E-state index contributed by atoms with van der Waals surface area (Å²) in [5.41, 5.74) is -0.196. The Morgan fingerprint density at radius 3 is 2.47 bits per heavy atom. The molecule has 1 unspecified atom stereocenters. The van der Waals surface area contributed by atoms with Gasteiger partial charge in [-0.2, -0.15) is 0 Å². The third-order valence-electron chi connectivity index (χ3n) is 5.00. The molecule has 0 aromatic rings. The van der Waals surface area contributed by atoms with Crippen LogP contribution in [0.3, 0.4) is 0 Å². The van der Waals surface area contributed by atoms with E-state index in [0.717, 1.165) is 45.1 Å². The van der Waals surface area contributed by atoms with Gasteiger partial charge in [-0.25, -0.2) is 0 Å². The standard InChI is InChI=1S/C15H25NO3/c1-2-15(8-4-3-5-9-15)14(19)16-10-6-7-12(11-16)13(17)18/h12H,2-11H2,1H3,(H,17,18). The van der Waals surface area contributed by atoms with E-state index in [0.29, 0.717) is 13.0 Å². The number of carbonyl (C=O) groups is 2. The maximum Gasteiger partial charge on any atom is 0.308 e. The van der Waals surface area contributed by atoms with E-state index in [1.54, 1.807) is 0 Å². The lowest BCUT2D eigenvalue weighted by Gasteiger charge is -2.41. The Bertz CT molecular complexity index is 347. The molecule has 1 aliphatic carbocycles. The van der Waals surface area contributed by atoms with Crippen LogP contribution in [0.15, 0.2) is 0 Å². The minimum atomic E-state index is -0.758. The second-order valence-corrected chi connectivity index (χ2v) is 6.12. The molecule has 2 fully saturated rings. The number of aliphatic carboxylic acids is 1. The van der Waals surface area contributed by atoms with Gasteiger partial charge in [0.15, 0.2) is 0 Å². The maximum atomic E-state index is 12.8. The first-order valence-electron chi connectivity index (χ1n) is 7.61. The number of nitrogens with zero attached hydrogens (tertiary/aromatic N) is 1. The Balaban J connectivity index is 2.06. The van der Waals surface area contributed by atoms with Crippen molar-refractivity contribution in [2.75, 3.05) is 13.1 Å². The predicted molar refractivity (Wildman–Crippen MR) is 72.7 cm³/mol. The molecule has 1 amide bonds. The van der Waals surface area contributed by atoms with E-state index in [2.05, 4.69) is 6.92 Å². The van der Waals surface area contributed by atoms with E-state index in [1.165, 1.54) is 6.42 Å². The van der Waals surface area contributed by atoms with Crippen molar-refractivity contribution in [1.29, 1.82) is 0 Å². The van der Waals surface area contributed by atoms with Gasteiger partial charge in [0.05, 0.1) is 5.92 Å². The molecule has 4 heteroatoms. The summed E-state index contributed by atoms with van der Waals surface area (Å²) >= 11 is 0. The van der Waals surface area contributed by atoms with E-state index < -0.39 is 5.97 Å². The molecule has 1 aliphatic heterocycles. The van der Waals surface area contributed by atoms with Crippen molar-refractivity contribution >= 4 is 11.9 Å². The van der Waals surface area contributed by atoms with Crippen LogP contribution in [0.2, 0.25) is 0 Å². The number of carbonyl (C=O) groups excluding carboxylic acids is 1. The van der Waals surface area contributed by atoms with Crippen LogP contribution in [0, 0.1) is 11.3 Å². The average molecular weight is 267 g/mol. The van der Waals surface area contributed by atoms with E-state index in [4.69, 9.17) is 5.11 Å². The number of carboxylic acid groups (broad SMARTS) is 1. The van der Waals surface area contributed by atoms with Gasteiger partial charge in [-0.05, 0) is 32.1 Å². The average Bonchev–Trinajstić information content (AvgIpc) is 2.47. The van der Waals surface area contributed by atoms with Crippen LogP contribution in [0.25, 0.3) is 0 Å². The molecule has 2 aliphatic rings. The molecule has 19 heavy (non-hydrogen) atoms. The zero-order valence-electron chi connectivity index (χ0n) is 11.9. The zero-order valence-corrected chi connectivity index (χ0v) is 11.9. The molecule has 1 heterocycles. The molecule has 0 spiro atoms. The Kier molecular flexibility index (Phi) is 4.48. The summed E-state index contributed by atoms with van der Waals surface area (Å²) < 4.78 is 0. The third-order valence-corrected chi connectivity index (χ3v) is 5.00. The second-order valence-electron chi connectivity index (χ2n) is 6.12. The van der Waals surface area contributed by atoms with E-state index in [-0.39, 0.29) is 17.2 Å². The first-order chi connectivity index (χ1) is 9.09. The van der Waals surface area contributed by atoms with Gasteiger partial charge in [0.1, 0.15) is 0 Å². The van der Waals surface area contributed by atoms with Gasteiger partial charge < -0.3 is 10.0 Å². The Morgan fingerprint density at radius 2 is 1.89 bits per heavy atom. The fourth-order valence-electron chi connectivity index (χ4n) is 3.65. The quantitative estimate of drug-likeness (QED) is 0.855. The lowest BCUT2D eigenvalue weighted by molar-refractivity contribution is -0.151. The summed E-state index contributed by atoms with van der Waals surface area (Å²) in [6.07, 6.45) is 7.88. The number of amides is 1. The SMILES string of the molecule is CCC1(C(=O)N2CCCC(C(=O)O)C2)CCCCC1. The number of rotatable bonds is 3. The van der Waals surface area contributed by atoms with Crippen LogP contribution < -0.4 is 0 Å². The van der Waals surface area contributed by atoms with Crippen LogP contribution in [0.4, 0.5) is 0 Å². The van der Waals surface area contributed by atoms with Crippen LogP contribution >= 0.6 is 0 Å². The molecule has 1 saturated heterocycles. The molecule has 0 radical (unpaired) electrons. The van der Waals surface area contributed by atoms with Gasteiger partial charge in [0.25, 0.3) is 0 Å². The summed E-state index contributed by atoms with van der Waals surface area (Å²) in [5.74, 6) is -0.900. The molecular weight excluding hydrogens is 242 g/mol. The number of likely N-dealkylation sites (tertiary alicyclic amines) is 1. The molecule has 2 rings (SSSR count). The van der Waals surface area contributed by atoms with Gasteiger partial charge in [0.2, 0.25) is 5.91 Å². The molecular formula is C15H25NO3. The first-order valence-corrected chi connectivity index (χ1v) is 7.61. The second kappa shape index (κ2) is 5.93. The van der Waals surface area contributed by atoms with Crippen LogP contribution in [0.1, 0.15) is 58.3 Å². The molecule has 0 bridgehead atoms. The number of piperidine rings is 1. The first kappa shape index (κ1) is 14.4. The smallest absolute Gasteiger partial charge is 0.308 e. The highest BCUT2D eigenvalue weighted by atomic mass is 16.4. The monoisotopic (exact) mass is 267 g/mol. The van der Waals surface area contributed by atoms with Crippen molar-refractivity contribution in [2.45, 2.75) is 58.3 Å². The van der Waals surface area contributed by atoms with Crippen molar-refractivity contribution in [2.24, 2.45) is 11.3 Å². The van der Waals surface area contributed by atoms with Crippen molar-refractivity contribution in [3.05, 3.63) is 0 Å². The minimum absolute atomic E-state index is 0.196. The Morgan fingerprint density at radius 1 is 1.21 bits per heavy atom. The zero-order chi connectivity index (χ0) is 13.9. The number of hydrogen-bond acceptors (Lipinski definition) is 2. The molecule has 1 atom stereocenters. The van der Waals surface area contributed by atoms with Crippen molar-refractivity contribution in [3.63, 3.8) is 0 Å². The van der Waals surface area contributed by atoms with Gasteiger partial charge in [-0.15, -0.1) is 0 Å². The number of hydrogen-bond donors (Lipinski definition) is 1. The lowest BCUT2D eigenvalue weighted by atomic mass is 9.71. The number of carboxylic acids is 1. The minimum Gasteiger partial charge on any atom is -0.481 e. The van der Waals surface area contributed by atoms with Crippen molar-refractivity contribution in [1.82, 2.24) is 4.90 Å². The summed E-state index contributed by atoms with van der Waals surface area (Å²) in [6, 6.07) is 0. The summed E-state index contributed by atoms with van der Waals surface area (Å²) in [6.45, 7) is 3.25. The van der Waals surface area contributed by atoms with Gasteiger partial charge in [-0.3, -0.25) is 9.59 Å². The predicted octanol–water partition coefficient (Wildman–Crippen LogP) is 2.67. The molecule has 0 aromatic heterocycles. The fraction of sp³-hybridized carbons (Fsp3) is 0.867. The van der Waals surface area contributed by atoms with E-state index >= 15 is 0 Å². The summed E-state index contributed by atoms with van der Waals surface area (Å²) in [5, 5.41) is 9.13. The third kappa shape index (κ3) is 2.93. The summed E-state index contributed by atoms with van der Waals surface area (Å²) in [4.78, 5) is 25.7. The van der Waals surface area contributed by atoms with Gasteiger partial charge in [0, 0.05) is 18.5 Å². The fourth-order valence-corrected chi connectivity index (χ4v) is 3.65. The van der Waals surface area contributed by atoms with Crippen LogP contribution in [0.5, 0.6) is 0 Å². The Hall–Kier alpha value is -1.06. The highest BCUT2D eigenvalue weighted by Crippen LogP contribution is 2.41. The van der Waals surface area contributed by atoms with Gasteiger partial charge in [-0.1, -0.05) is 26.2 Å². The lowest BCUT2D eigenvalue weighted by Crippen LogP contribution is -2.49. The largest absolute Gasteiger partial charge is 0.481 e. The molecule has 1 N–H and O–H groups in total. The highest BCUT2D eigenvalue weighted by molar-refractivity contribution is 5.83. The highest BCUT2D eigenvalue weighted by Gasteiger charge is 2.42. The Labute approximate surface area is 115 Å². The molecule has 4 nitrogen and oxygen atoms in total.